The van der Waals surface area contributed by atoms with E-state index in [1.165, 1.54) is 0 Å². The molecule has 0 aliphatic carbocycles. The lowest BCUT2D eigenvalue weighted by molar-refractivity contribution is -0.146. The van der Waals surface area contributed by atoms with Crippen molar-refractivity contribution in [1.29, 1.82) is 0 Å². The van der Waals surface area contributed by atoms with Crippen LogP contribution in [0.5, 0.6) is 0 Å². The van der Waals surface area contributed by atoms with Crippen LogP contribution in [-0.2, 0) is 9.59 Å². The van der Waals surface area contributed by atoms with Crippen molar-refractivity contribution in [3.8, 4) is 0 Å². The average molecular weight is 228 g/mol. The summed E-state index contributed by atoms with van der Waals surface area (Å²) < 4.78 is 25.7. The second-order valence-corrected chi connectivity index (χ2v) is 2.82. The molecule has 4 nitrogen and oxygen atoms in total. The number of hydrogen-bond donors (Lipinski definition) is 2. The Kier molecular flexibility index (Phi) is 3.34. The van der Waals surface area contributed by atoms with Gasteiger partial charge in [-0.15, -0.1) is 0 Å². The van der Waals surface area contributed by atoms with Gasteiger partial charge in [-0.2, -0.15) is 0 Å². The van der Waals surface area contributed by atoms with E-state index in [4.69, 9.17) is 5.11 Å². The molecular formula is C10H6F2O4. The zero-order chi connectivity index (χ0) is 12.3. The average Bonchev–Trinajstić information content (AvgIpc) is 2.21. The number of carbonyl (C=O) groups is 2. The Morgan fingerprint density at radius 1 is 1.19 bits per heavy atom. The molecule has 0 heterocycles. The van der Waals surface area contributed by atoms with Crippen molar-refractivity contribution < 1.29 is 28.6 Å². The summed E-state index contributed by atoms with van der Waals surface area (Å²) >= 11 is 0. The summed E-state index contributed by atoms with van der Waals surface area (Å²) in [5.74, 6) is -5.96. The second kappa shape index (κ2) is 4.52. The van der Waals surface area contributed by atoms with Gasteiger partial charge in [-0.3, -0.25) is 4.79 Å². The molecule has 2 N–H and O–H groups in total. The molecule has 0 aliphatic rings. The van der Waals surface area contributed by atoms with Crippen LogP contribution in [-0.4, -0.2) is 22.0 Å². The first-order chi connectivity index (χ1) is 7.41. The molecule has 0 bridgehead atoms. The van der Waals surface area contributed by atoms with Gasteiger partial charge in [0.15, 0.2) is 0 Å². The maximum Gasteiger partial charge on any atom is 0.376 e. The SMILES string of the molecule is O=C(O)C(=O)/C=C(\O)c1cc(F)ccc1F. The van der Waals surface area contributed by atoms with Gasteiger partial charge in [0, 0.05) is 6.08 Å². The molecule has 0 aliphatic heterocycles. The van der Waals surface area contributed by atoms with E-state index in [0.29, 0.717) is 12.1 Å². The Labute approximate surface area is 88.4 Å². The molecule has 0 fully saturated rings. The van der Waals surface area contributed by atoms with Crippen molar-refractivity contribution in [2.24, 2.45) is 0 Å². The quantitative estimate of drug-likeness (QED) is 0.467. The standard InChI is InChI=1S/C10H6F2O4/c11-5-1-2-7(12)6(3-5)8(13)4-9(14)10(15)16/h1-4,13H,(H,15,16)/b8-4-. The predicted octanol–water partition coefficient (Wildman–Crippen LogP) is 1.52. The minimum absolute atomic E-state index is 0.306. The molecule has 1 rings (SSSR count). The van der Waals surface area contributed by atoms with Gasteiger partial charge < -0.3 is 10.2 Å². The summed E-state index contributed by atoms with van der Waals surface area (Å²) in [5.41, 5.74) is -0.574. The highest BCUT2D eigenvalue weighted by molar-refractivity contribution is 6.38. The zero-order valence-electron chi connectivity index (χ0n) is 7.78. The molecule has 0 spiro atoms. The van der Waals surface area contributed by atoms with Crippen molar-refractivity contribution in [2.75, 3.05) is 0 Å². The first-order valence-electron chi connectivity index (χ1n) is 4.05. The van der Waals surface area contributed by atoms with E-state index in [9.17, 15) is 23.5 Å². The van der Waals surface area contributed by atoms with E-state index in [1.54, 1.807) is 0 Å². The van der Waals surface area contributed by atoms with E-state index in [-0.39, 0.29) is 0 Å². The van der Waals surface area contributed by atoms with Crippen LogP contribution in [0.4, 0.5) is 8.78 Å². The van der Waals surface area contributed by atoms with Gasteiger partial charge >= 0.3 is 5.97 Å². The molecule has 0 amide bonds. The number of halogens is 2. The van der Waals surface area contributed by atoms with E-state index >= 15 is 0 Å². The summed E-state index contributed by atoms with van der Waals surface area (Å²) in [5, 5.41) is 17.4. The molecule has 0 saturated carbocycles. The van der Waals surface area contributed by atoms with Crippen LogP contribution in [0.2, 0.25) is 0 Å². The fraction of sp³-hybridized carbons (Fsp3) is 0. The lowest BCUT2D eigenvalue weighted by atomic mass is 10.1. The Morgan fingerprint density at radius 3 is 2.38 bits per heavy atom. The third kappa shape index (κ3) is 2.63. The molecule has 16 heavy (non-hydrogen) atoms. The normalized spacial score (nSPS) is 11.2. The summed E-state index contributed by atoms with van der Waals surface area (Å²) in [6.45, 7) is 0. The van der Waals surface area contributed by atoms with Crippen LogP contribution in [0.15, 0.2) is 24.3 Å². The number of carbonyl (C=O) groups excluding carboxylic acids is 1. The molecule has 84 valence electrons. The van der Waals surface area contributed by atoms with Crippen molar-refractivity contribution in [1.82, 2.24) is 0 Å². The first kappa shape index (κ1) is 11.8. The fourth-order valence-electron chi connectivity index (χ4n) is 0.957. The van der Waals surface area contributed by atoms with Crippen LogP contribution < -0.4 is 0 Å². The highest BCUT2D eigenvalue weighted by Gasteiger charge is 2.13. The Hall–Kier alpha value is -2.24. The van der Waals surface area contributed by atoms with E-state index in [1.807, 2.05) is 0 Å². The van der Waals surface area contributed by atoms with Crippen LogP contribution >= 0.6 is 0 Å². The van der Waals surface area contributed by atoms with Crippen molar-refractivity contribution in [3.63, 3.8) is 0 Å². The van der Waals surface area contributed by atoms with Gasteiger partial charge in [-0.1, -0.05) is 0 Å². The smallest absolute Gasteiger partial charge is 0.376 e. The molecule has 0 aromatic heterocycles. The van der Waals surface area contributed by atoms with E-state index in [0.717, 1.165) is 12.1 Å². The van der Waals surface area contributed by atoms with Gasteiger partial charge in [0.05, 0.1) is 5.56 Å². The third-order valence-corrected chi connectivity index (χ3v) is 1.68. The van der Waals surface area contributed by atoms with Crippen LogP contribution in [0.1, 0.15) is 5.56 Å². The second-order valence-electron chi connectivity index (χ2n) is 2.82. The number of carboxylic acid groups (broad SMARTS) is 1. The van der Waals surface area contributed by atoms with Crippen LogP contribution in [0, 0.1) is 11.6 Å². The third-order valence-electron chi connectivity index (χ3n) is 1.68. The summed E-state index contributed by atoms with van der Waals surface area (Å²) in [7, 11) is 0. The lowest BCUT2D eigenvalue weighted by Crippen LogP contribution is -2.09. The number of rotatable bonds is 3. The maximum atomic E-state index is 13.0. The summed E-state index contributed by atoms with van der Waals surface area (Å²) in [4.78, 5) is 20.8. The number of carboxylic acids is 1. The maximum absolute atomic E-state index is 13.0. The van der Waals surface area contributed by atoms with Crippen molar-refractivity contribution in [2.45, 2.75) is 0 Å². The number of aliphatic hydroxyl groups excluding tert-OH is 1. The molecule has 0 atom stereocenters. The van der Waals surface area contributed by atoms with Gasteiger partial charge in [0.25, 0.3) is 5.78 Å². The Bertz CT molecular complexity index is 480. The van der Waals surface area contributed by atoms with Gasteiger partial charge in [-0.05, 0) is 18.2 Å². The minimum Gasteiger partial charge on any atom is -0.507 e. The fourth-order valence-corrected chi connectivity index (χ4v) is 0.957. The number of ketones is 1. The van der Waals surface area contributed by atoms with Crippen molar-refractivity contribution >= 4 is 17.5 Å². The van der Waals surface area contributed by atoms with Gasteiger partial charge in [-0.25, -0.2) is 13.6 Å². The van der Waals surface area contributed by atoms with Crippen molar-refractivity contribution in [3.05, 3.63) is 41.5 Å². The minimum atomic E-state index is -1.80. The van der Waals surface area contributed by atoms with E-state index in [2.05, 4.69) is 0 Å². The molecule has 0 radical (unpaired) electrons. The highest BCUT2D eigenvalue weighted by atomic mass is 19.1. The molecule has 1 aromatic rings. The lowest BCUT2D eigenvalue weighted by Gasteiger charge is -2.01. The zero-order valence-corrected chi connectivity index (χ0v) is 7.78. The highest BCUT2D eigenvalue weighted by Crippen LogP contribution is 2.17. The van der Waals surface area contributed by atoms with Gasteiger partial charge in [0.2, 0.25) is 0 Å². The Balaban J connectivity index is 3.14. The number of benzene rings is 1. The summed E-state index contributed by atoms with van der Waals surface area (Å²) in [6, 6.07) is 2.22. The molecule has 6 heteroatoms. The van der Waals surface area contributed by atoms with Crippen LogP contribution in [0.3, 0.4) is 0 Å². The summed E-state index contributed by atoms with van der Waals surface area (Å²) in [6.07, 6.45) is 0.306. The molecule has 1 aromatic carbocycles. The number of aliphatic carboxylic acids is 1. The van der Waals surface area contributed by atoms with Gasteiger partial charge in [0.1, 0.15) is 17.4 Å². The predicted molar refractivity (Wildman–Crippen MR) is 49.6 cm³/mol. The van der Waals surface area contributed by atoms with E-state index < -0.39 is 34.7 Å². The largest absolute Gasteiger partial charge is 0.507 e. The molecular weight excluding hydrogens is 222 g/mol. The number of hydrogen-bond acceptors (Lipinski definition) is 3. The number of aliphatic hydroxyl groups is 1. The van der Waals surface area contributed by atoms with Crippen LogP contribution in [0.25, 0.3) is 5.76 Å². The topological polar surface area (TPSA) is 74.6 Å². The molecule has 0 saturated heterocycles. The molecule has 0 unspecified atom stereocenters. The Morgan fingerprint density at radius 2 is 1.81 bits per heavy atom. The first-order valence-corrected chi connectivity index (χ1v) is 4.05. The monoisotopic (exact) mass is 228 g/mol.